The number of carbonyl (C=O) groups is 1. The summed E-state index contributed by atoms with van der Waals surface area (Å²) >= 11 is 0. The van der Waals surface area contributed by atoms with E-state index in [0.29, 0.717) is 23.6 Å². The molecule has 0 spiro atoms. The third-order valence-electron chi connectivity index (χ3n) is 1.99. The first-order valence-corrected chi connectivity index (χ1v) is 5.71. The molecule has 18 heavy (non-hydrogen) atoms. The van der Waals surface area contributed by atoms with Crippen LogP contribution in [0.1, 0.15) is 26.3 Å². The second kappa shape index (κ2) is 6.50. The first kappa shape index (κ1) is 13.8. The molecule has 0 heterocycles. The fraction of sp³-hybridized carbons (Fsp3) is 0.385. The monoisotopic (exact) mass is 248 g/mol. The van der Waals surface area contributed by atoms with Gasteiger partial charge in [0, 0.05) is 5.69 Å². The van der Waals surface area contributed by atoms with Crippen LogP contribution in [0.25, 0.3) is 0 Å². The Morgan fingerprint density at radius 2 is 2.22 bits per heavy atom. The van der Waals surface area contributed by atoms with Crippen LogP contribution in [-0.4, -0.2) is 18.8 Å². The molecule has 0 saturated heterocycles. The van der Waals surface area contributed by atoms with Crippen LogP contribution in [0.4, 0.5) is 10.5 Å². The van der Waals surface area contributed by atoms with Crippen LogP contribution in [0.15, 0.2) is 18.2 Å². The van der Waals surface area contributed by atoms with Crippen molar-refractivity contribution in [3.8, 4) is 11.8 Å². The largest absolute Gasteiger partial charge is 0.492 e. The van der Waals surface area contributed by atoms with Crippen molar-refractivity contribution in [3.05, 3.63) is 23.8 Å². The van der Waals surface area contributed by atoms with E-state index in [2.05, 4.69) is 5.32 Å². The predicted molar refractivity (Wildman–Crippen MR) is 67.6 cm³/mol. The SMILES string of the molecule is CCOc1ccc(NC(=O)OC(C)C)cc1C#N. The van der Waals surface area contributed by atoms with Gasteiger partial charge in [0.25, 0.3) is 0 Å². The summed E-state index contributed by atoms with van der Waals surface area (Å²) in [6, 6.07) is 6.87. The van der Waals surface area contributed by atoms with Gasteiger partial charge in [-0.05, 0) is 39.0 Å². The number of anilines is 1. The van der Waals surface area contributed by atoms with E-state index < -0.39 is 6.09 Å². The third kappa shape index (κ3) is 3.98. The number of carbonyl (C=O) groups excluding carboxylic acids is 1. The average Bonchev–Trinajstić information content (AvgIpc) is 2.30. The molecule has 1 aromatic rings. The van der Waals surface area contributed by atoms with Crippen LogP contribution in [0.2, 0.25) is 0 Å². The zero-order valence-electron chi connectivity index (χ0n) is 10.7. The van der Waals surface area contributed by atoms with Gasteiger partial charge in [0.15, 0.2) is 0 Å². The van der Waals surface area contributed by atoms with Gasteiger partial charge in [-0.15, -0.1) is 0 Å². The van der Waals surface area contributed by atoms with E-state index >= 15 is 0 Å². The van der Waals surface area contributed by atoms with Crippen LogP contribution in [0.3, 0.4) is 0 Å². The van der Waals surface area contributed by atoms with Gasteiger partial charge in [0.05, 0.1) is 18.3 Å². The van der Waals surface area contributed by atoms with E-state index in [0.717, 1.165) is 0 Å². The number of amides is 1. The van der Waals surface area contributed by atoms with E-state index in [9.17, 15) is 4.79 Å². The summed E-state index contributed by atoms with van der Waals surface area (Å²) in [5.41, 5.74) is 0.875. The van der Waals surface area contributed by atoms with Gasteiger partial charge >= 0.3 is 6.09 Å². The zero-order chi connectivity index (χ0) is 13.5. The Morgan fingerprint density at radius 3 is 2.78 bits per heavy atom. The molecule has 0 saturated carbocycles. The second-order valence-electron chi connectivity index (χ2n) is 3.83. The quantitative estimate of drug-likeness (QED) is 0.889. The Hall–Kier alpha value is -2.22. The summed E-state index contributed by atoms with van der Waals surface area (Å²) < 4.78 is 10.2. The molecular formula is C13H16N2O3. The van der Waals surface area contributed by atoms with Crippen LogP contribution in [-0.2, 0) is 4.74 Å². The van der Waals surface area contributed by atoms with Crippen LogP contribution in [0.5, 0.6) is 5.75 Å². The van der Waals surface area contributed by atoms with Gasteiger partial charge in [-0.25, -0.2) is 4.79 Å². The van der Waals surface area contributed by atoms with E-state index in [4.69, 9.17) is 14.7 Å². The van der Waals surface area contributed by atoms with Crippen molar-refractivity contribution in [3.63, 3.8) is 0 Å². The lowest BCUT2D eigenvalue weighted by molar-refractivity contribution is 0.130. The van der Waals surface area contributed by atoms with Crippen molar-refractivity contribution >= 4 is 11.8 Å². The van der Waals surface area contributed by atoms with Crippen molar-refractivity contribution in [1.29, 1.82) is 5.26 Å². The van der Waals surface area contributed by atoms with Crippen LogP contribution < -0.4 is 10.1 Å². The molecule has 1 N–H and O–H groups in total. The van der Waals surface area contributed by atoms with Gasteiger partial charge in [-0.3, -0.25) is 5.32 Å². The predicted octanol–water partition coefficient (Wildman–Crippen LogP) is 2.91. The number of nitrogens with zero attached hydrogens (tertiary/aromatic N) is 1. The Bertz CT molecular complexity index is 464. The number of nitrogens with one attached hydrogen (secondary N) is 1. The van der Waals surface area contributed by atoms with E-state index in [1.807, 2.05) is 13.0 Å². The van der Waals surface area contributed by atoms with Crippen LogP contribution >= 0.6 is 0 Å². The number of ether oxygens (including phenoxy) is 2. The maximum Gasteiger partial charge on any atom is 0.411 e. The molecule has 1 rings (SSSR count). The molecule has 1 amide bonds. The number of hydrogen-bond donors (Lipinski definition) is 1. The molecular weight excluding hydrogens is 232 g/mol. The second-order valence-corrected chi connectivity index (χ2v) is 3.83. The lowest BCUT2D eigenvalue weighted by Gasteiger charge is -2.11. The molecule has 5 heteroatoms. The molecule has 0 aliphatic carbocycles. The van der Waals surface area contributed by atoms with Crippen molar-refractivity contribution in [2.45, 2.75) is 26.9 Å². The Balaban J connectivity index is 2.80. The Morgan fingerprint density at radius 1 is 1.50 bits per heavy atom. The minimum atomic E-state index is -0.543. The standard InChI is InChI=1S/C13H16N2O3/c1-4-17-12-6-5-11(7-10(12)8-14)15-13(16)18-9(2)3/h5-7,9H,4H2,1-3H3,(H,15,16). The minimum Gasteiger partial charge on any atom is -0.492 e. The molecule has 96 valence electrons. The normalized spacial score (nSPS) is 9.72. The first-order valence-electron chi connectivity index (χ1n) is 5.71. The summed E-state index contributed by atoms with van der Waals surface area (Å²) in [6.07, 6.45) is -0.735. The molecule has 0 aromatic heterocycles. The van der Waals surface area contributed by atoms with E-state index in [1.165, 1.54) is 0 Å². The molecule has 5 nitrogen and oxygen atoms in total. The van der Waals surface area contributed by atoms with Gasteiger partial charge in [-0.2, -0.15) is 5.26 Å². The van der Waals surface area contributed by atoms with Crippen molar-refractivity contribution in [1.82, 2.24) is 0 Å². The Kier molecular flexibility index (Phi) is 5.00. The summed E-state index contributed by atoms with van der Waals surface area (Å²) in [5, 5.41) is 11.5. The highest BCUT2D eigenvalue weighted by molar-refractivity contribution is 5.85. The summed E-state index contributed by atoms with van der Waals surface area (Å²) in [5.74, 6) is 0.503. The van der Waals surface area contributed by atoms with Crippen molar-refractivity contribution in [2.24, 2.45) is 0 Å². The number of rotatable bonds is 4. The molecule has 0 atom stereocenters. The van der Waals surface area contributed by atoms with Gasteiger partial charge in [-0.1, -0.05) is 0 Å². The van der Waals surface area contributed by atoms with Gasteiger partial charge < -0.3 is 9.47 Å². The zero-order valence-corrected chi connectivity index (χ0v) is 10.7. The number of benzene rings is 1. The number of hydrogen-bond acceptors (Lipinski definition) is 4. The molecule has 0 aliphatic heterocycles. The maximum absolute atomic E-state index is 11.4. The highest BCUT2D eigenvalue weighted by atomic mass is 16.6. The summed E-state index contributed by atoms with van der Waals surface area (Å²) in [4.78, 5) is 11.4. The first-order chi connectivity index (χ1) is 8.56. The lowest BCUT2D eigenvalue weighted by Crippen LogP contribution is -2.18. The molecule has 0 aliphatic rings. The summed E-state index contributed by atoms with van der Waals surface area (Å²) in [7, 11) is 0. The fourth-order valence-corrected chi connectivity index (χ4v) is 1.34. The van der Waals surface area contributed by atoms with E-state index in [1.54, 1.807) is 32.0 Å². The van der Waals surface area contributed by atoms with Crippen LogP contribution in [0, 0.1) is 11.3 Å². The van der Waals surface area contributed by atoms with Gasteiger partial charge in [0.1, 0.15) is 11.8 Å². The topological polar surface area (TPSA) is 71.3 Å². The Labute approximate surface area is 106 Å². The number of nitriles is 1. The molecule has 0 unspecified atom stereocenters. The third-order valence-corrected chi connectivity index (χ3v) is 1.99. The fourth-order valence-electron chi connectivity index (χ4n) is 1.34. The average molecular weight is 248 g/mol. The maximum atomic E-state index is 11.4. The van der Waals surface area contributed by atoms with Crippen molar-refractivity contribution in [2.75, 3.05) is 11.9 Å². The smallest absolute Gasteiger partial charge is 0.411 e. The summed E-state index contributed by atoms with van der Waals surface area (Å²) in [6.45, 7) is 5.85. The van der Waals surface area contributed by atoms with Crippen molar-refractivity contribution < 1.29 is 14.3 Å². The molecule has 0 bridgehead atoms. The molecule has 0 fully saturated rings. The highest BCUT2D eigenvalue weighted by Crippen LogP contribution is 2.22. The highest BCUT2D eigenvalue weighted by Gasteiger charge is 2.08. The van der Waals surface area contributed by atoms with E-state index in [-0.39, 0.29) is 6.10 Å². The molecule has 1 aromatic carbocycles. The molecule has 0 radical (unpaired) electrons. The van der Waals surface area contributed by atoms with Gasteiger partial charge in [0.2, 0.25) is 0 Å². The lowest BCUT2D eigenvalue weighted by atomic mass is 10.2. The minimum absolute atomic E-state index is 0.192.